The molecule has 2 aliphatic rings. The van der Waals surface area contributed by atoms with Gasteiger partial charge >= 0.3 is 0 Å². The summed E-state index contributed by atoms with van der Waals surface area (Å²) in [4.78, 5) is 38.6. The third-order valence-corrected chi connectivity index (χ3v) is 5.86. The molecule has 0 aromatic heterocycles. The van der Waals surface area contributed by atoms with E-state index in [9.17, 15) is 19.7 Å². The van der Waals surface area contributed by atoms with Gasteiger partial charge in [0, 0.05) is 12.1 Å². The average molecular weight is 447 g/mol. The zero-order chi connectivity index (χ0) is 22.4. The maximum absolute atomic E-state index is 13.5. The molecule has 2 atom stereocenters. The quantitative estimate of drug-likeness (QED) is 0.342. The van der Waals surface area contributed by atoms with Gasteiger partial charge in [-0.15, -0.1) is 0 Å². The van der Waals surface area contributed by atoms with E-state index in [-0.39, 0.29) is 10.7 Å². The first-order valence-electron chi connectivity index (χ1n) is 9.77. The molecule has 3 aromatic rings. The summed E-state index contributed by atoms with van der Waals surface area (Å²) >= 11 is 6.29. The number of imide groups is 1. The number of anilines is 2. The molecule has 32 heavy (non-hydrogen) atoms. The third-order valence-electron chi connectivity index (χ3n) is 5.54. The fourth-order valence-corrected chi connectivity index (χ4v) is 4.29. The Hall–Kier alpha value is -4.04. The second-order valence-electron chi connectivity index (χ2n) is 7.36. The highest BCUT2D eigenvalue weighted by Crippen LogP contribution is 2.40. The number of nitrogens with zero attached hydrogens (tertiary/aromatic N) is 4. The Morgan fingerprint density at radius 1 is 0.875 bits per heavy atom. The zero-order valence-corrected chi connectivity index (χ0v) is 17.2. The van der Waals surface area contributed by atoms with Gasteiger partial charge in [-0.2, -0.15) is 5.10 Å². The maximum Gasteiger partial charge on any atom is 0.269 e. The number of nitro benzene ring substituents is 1. The van der Waals surface area contributed by atoms with Crippen LogP contribution in [0.15, 0.2) is 84.0 Å². The fraction of sp³-hybridized carbons (Fsp3) is 0.0870. The van der Waals surface area contributed by atoms with E-state index >= 15 is 0 Å². The first-order valence-corrected chi connectivity index (χ1v) is 10.1. The lowest BCUT2D eigenvalue weighted by Gasteiger charge is -2.22. The molecule has 0 bridgehead atoms. The van der Waals surface area contributed by atoms with Gasteiger partial charge in [-0.25, -0.2) is 4.90 Å². The smallest absolute Gasteiger partial charge is 0.269 e. The summed E-state index contributed by atoms with van der Waals surface area (Å²) in [5.41, 5.74) is 1.80. The van der Waals surface area contributed by atoms with Crippen molar-refractivity contribution in [2.75, 3.05) is 9.91 Å². The van der Waals surface area contributed by atoms with E-state index in [4.69, 9.17) is 11.6 Å². The van der Waals surface area contributed by atoms with E-state index in [0.717, 1.165) is 4.90 Å². The number of para-hydroxylation sites is 2. The van der Waals surface area contributed by atoms with E-state index in [1.165, 1.54) is 12.1 Å². The highest BCUT2D eigenvalue weighted by Gasteiger charge is 2.57. The molecular formula is C23H15ClN4O4. The van der Waals surface area contributed by atoms with Crippen molar-refractivity contribution in [1.82, 2.24) is 0 Å². The van der Waals surface area contributed by atoms with Crippen molar-refractivity contribution >= 4 is 46.2 Å². The summed E-state index contributed by atoms with van der Waals surface area (Å²) in [6.45, 7) is 0. The summed E-state index contributed by atoms with van der Waals surface area (Å²) in [6, 6.07) is 20.6. The van der Waals surface area contributed by atoms with Crippen LogP contribution in [0.2, 0.25) is 5.02 Å². The molecule has 0 unspecified atom stereocenters. The number of carbonyl (C=O) groups is 2. The lowest BCUT2D eigenvalue weighted by Crippen LogP contribution is -2.39. The number of hydrazone groups is 1. The SMILES string of the molecule is O=C1[C@@H]2C(c3ccc([N+](=O)[O-])cc3)=NN(c3ccccc3)[C@@H]2C(=O)N1c1ccccc1Cl. The fourth-order valence-electron chi connectivity index (χ4n) is 4.07. The maximum atomic E-state index is 13.5. The molecule has 8 nitrogen and oxygen atoms in total. The van der Waals surface area contributed by atoms with Crippen LogP contribution in [0.25, 0.3) is 0 Å². The van der Waals surface area contributed by atoms with E-state index in [1.54, 1.807) is 53.5 Å². The first-order chi connectivity index (χ1) is 15.5. The van der Waals surface area contributed by atoms with Crippen molar-refractivity contribution in [3.05, 3.63) is 99.6 Å². The molecule has 9 heteroatoms. The van der Waals surface area contributed by atoms with Crippen LogP contribution in [0.3, 0.4) is 0 Å². The summed E-state index contributed by atoms with van der Waals surface area (Å²) in [5, 5.41) is 17.5. The van der Waals surface area contributed by atoms with Crippen LogP contribution in [-0.2, 0) is 9.59 Å². The Kier molecular flexibility index (Phi) is 4.71. The predicted molar refractivity (Wildman–Crippen MR) is 120 cm³/mol. The van der Waals surface area contributed by atoms with Crippen LogP contribution in [0.5, 0.6) is 0 Å². The topological polar surface area (TPSA) is 96.1 Å². The molecule has 3 aromatic carbocycles. The van der Waals surface area contributed by atoms with Crippen molar-refractivity contribution in [3.8, 4) is 0 Å². The largest absolute Gasteiger partial charge is 0.273 e. The molecule has 2 heterocycles. The molecule has 2 aliphatic heterocycles. The number of halogens is 1. The molecule has 0 N–H and O–H groups in total. The van der Waals surface area contributed by atoms with Crippen LogP contribution in [-0.4, -0.2) is 28.5 Å². The molecule has 0 saturated carbocycles. The number of carbonyl (C=O) groups excluding carboxylic acids is 2. The van der Waals surface area contributed by atoms with Crippen LogP contribution in [0, 0.1) is 16.0 Å². The molecule has 1 saturated heterocycles. The molecule has 0 spiro atoms. The van der Waals surface area contributed by atoms with Gasteiger partial charge in [-0.3, -0.25) is 24.7 Å². The molecule has 0 radical (unpaired) electrons. The number of rotatable bonds is 4. The molecular weight excluding hydrogens is 432 g/mol. The van der Waals surface area contributed by atoms with Crippen LogP contribution in [0.4, 0.5) is 17.1 Å². The van der Waals surface area contributed by atoms with E-state index in [0.29, 0.717) is 22.6 Å². The molecule has 2 amide bonds. The highest BCUT2D eigenvalue weighted by atomic mass is 35.5. The molecule has 1 fully saturated rings. The Labute approximate surface area is 187 Å². The van der Waals surface area contributed by atoms with Gasteiger partial charge in [-0.05, 0) is 42.0 Å². The van der Waals surface area contributed by atoms with Crippen LogP contribution >= 0.6 is 11.6 Å². The van der Waals surface area contributed by atoms with Gasteiger partial charge < -0.3 is 0 Å². The summed E-state index contributed by atoms with van der Waals surface area (Å²) in [7, 11) is 0. The van der Waals surface area contributed by atoms with Crippen molar-refractivity contribution < 1.29 is 14.5 Å². The average Bonchev–Trinajstić information content (AvgIpc) is 3.32. The van der Waals surface area contributed by atoms with Crippen molar-refractivity contribution in [2.24, 2.45) is 11.0 Å². The number of non-ortho nitro benzene ring substituents is 1. The summed E-state index contributed by atoms with van der Waals surface area (Å²) in [6.07, 6.45) is 0. The van der Waals surface area contributed by atoms with Gasteiger partial charge in [-0.1, -0.05) is 41.9 Å². The second-order valence-corrected chi connectivity index (χ2v) is 7.76. The number of nitro groups is 1. The van der Waals surface area contributed by atoms with Crippen LogP contribution in [0.1, 0.15) is 5.56 Å². The number of benzene rings is 3. The lowest BCUT2D eigenvalue weighted by molar-refractivity contribution is -0.384. The Balaban J connectivity index is 1.63. The van der Waals surface area contributed by atoms with Crippen molar-refractivity contribution in [1.29, 1.82) is 0 Å². The predicted octanol–water partition coefficient (Wildman–Crippen LogP) is 4.03. The highest BCUT2D eigenvalue weighted by molar-refractivity contribution is 6.39. The monoisotopic (exact) mass is 446 g/mol. The van der Waals surface area contributed by atoms with E-state index < -0.39 is 28.7 Å². The summed E-state index contributed by atoms with van der Waals surface area (Å²) in [5.74, 6) is -1.75. The number of hydrogen-bond acceptors (Lipinski definition) is 6. The van der Waals surface area contributed by atoms with Crippen molar-refractivity contribution in [2.45, 2.75) is 6.04 Å². The Bertz CT molecular complexity index is 1280. The van der Waals surface area contributed by atoms with Gasteiger partial charge in [0.1, 0.15) is 12.0 Å². The van der Waals surface area contributed by atoms with E-state index in [2.05, 4.69) is 5.10 Å². The number of amides is 2. The molecule has 0 aliphatic carbocycles. The Morgan fingerprint density at radius 2 is 1.53 bits per heavy atom. The minimum absolute atomic E-state index is 0.0738. The summed E-state index contributed by atoms with van der Waals surface area (Å²) < 4.78 is 0. The number of fused-ring (bicyclic) bond motifs is 1. The van der Waals surface area contributed by atoms with Gasteiger partial charge in [0.15, 0.2) is 0 Å². The zero-order valence-electron chi connectivity index (χ0n) is 16.5. The minimum atomic E-state index is -0.883. The first kappa shape index (κ1) is 19.9. The third kappa shape index (κ3) is 3.04. The normalized spacial score (nSPS) is 19.8. The lowest BCUT2D eigenvalue weighted by atomic mass is 9.92. The van der Waals surface area contributed by atoms with E-state index in [1.807, 2.05) is 18.2 Å². The van der Waals surface area contributed by atoms with Crippen molar-refractivity contribution in [3.63, 3.8) is 0 Å². The minimum Gasteiger partial charge on any atom is -0.273 e. The van der Waals surface area contributed by atoms with Gasteiger partial charge in [0.2, 0.25) is 5.91 Å². The standard InChI is InChI=1S/C23H15ClN4O4/c24-17-8-4-5-9-18(17)26-22(29)19-20(14-10-12-16(13-11-14)28(31)32)25-27(21(19)23(26)30)15-6-2-1-3-7-15/h1-13,19,21H/t19-,21+/m1/s1. The molecule has 158 valence electrons. The van der Waals surface area contributed by atoms with Crippen LogP contribution < -0.4 is 9.91 Å². The van der Waals surface area contributed by atoms with Gasteiger partial charge in [0.05, 0.1) is 27.0 Å². The Morgan fingerprint density at radius 3 is 2.19 bits per heavy atom. The molecule has 5 rings (SSSR count). The number of hydrogen-bond donors (Lipinski definition) is 0. The second kappa shape index (κ2) is 7.58. The van der Waals surface area contributed by atoms with Gasteiger partial charge in [0.25, 0.3) is 11.6 Å².